The van der Waals surface area contributed by atoms with Crippen LogP contribution in [0.4, 0.5) is 5.13 Å². The molecule has 0 saturated heterocycles. The Labute approximate surface area is 162 Å². The third-order valence-electron chi connectivity index (χ3n) is 3.83. The van der Waals surface area contributed by atoms with Crippen molar-refractivity contribution in [2.24, 2.45) is 0 Å². The number of carbonyl (C=O) groups excluding carboxylic acids is 2. The van der Waals surface area contributed by atoms with Gasteiger partial charge in [-0.2, -0.15) is 4.31 Å². The highest BCUT2D eigenvalue weighted by Crippen LogP contribution is 2.24. The van der Waals surface area contributed by atoms with Crippen molar-refractivity contribution in [2.75, 3.05) is 25.5 Å². The summed E-state index contributed by atoms with van der Waals surface area (Å²) in [5, 5.41) is 2.82. The van der Waals surface area contributed by atoms with Crippen molar-refractivity contribution in [2.45, 2.75) is 25.7 Å². The largest absolute Gasteiger partial charge is 0.465 e. The molecule has 0 aliphatic heterocycles. The molecule has 10 heteroatoms. The summed E-state index contributed by atoms with van der Waals surface area (Å²) >= 11 is 0.993. The van der Waals surface area contributed by atoms with E-state index in [1.54, 1.807) is 20.8 Å². The van der Waals surface area contributed by atoms with Crippen LogP contribution >= 0.6 is 11.3 Å². The molecule has 1 aromatic carbocycles. The van der Waals surface area contributed by atoms with Crippen molar-refractivity contribution in [1.82, 2.24) is 9.29 Å². The lowest BCUT2D eigenvalue weighted by Crippen LogP contribution is -2.30. The number of nitrogens with one attached hydrogen (secondary N) is 1. The molecule has 8 nitrogen and oxygen atoms in total. The van der Waals surface area contributed by atoms with Crippen LogP contribution in [0.1, 0.15) is 39.6 Å². The van der Waals surface area contributed by atoms with Gasteiger partial charge in [-0.3, -0.25) is 10.1 Å². The second-order valence-corrected chi connectivity index (χ2v) is 8.43. The SMILES string of the molecule is CCN(CC)S(=O)(=O)c1cccc(C(=O)Nc2nc(C)c(C(=O)OC)s2)c1. The molecular formula is C17H21N3O5S2. The zero-order valence-electron chi connectivity index (χ0n) is 15.5. The van der Waals surface area contributed by atoms with Crippen molar-refractivity contribution in [3.63, 3.8) is 0 Å². The molecule has 27 heavy (non-hydrogen) atoms. The minimum Gasteiger partial charge on any atom is -0.465 e. The molecule has 1 amide bonds. The van der Waals surface area contributed by atoms with Gasteiger partial charge in [-0.1, -0.05) is 31.3 Å². The first-order valence-corrected chi connectivity index (χ1v) is 10.5. The van der Waals surface area contributed by atoms with E-state index in [9.17, 15) is 18.0 Å². The Morgan fingerprint density at radius 3 is 2.52 bits per heavy atom. The fraction of sp³-hybridized carbons (Fsp3) is 0.353. The Bertz CT molecular complexity index is 949. The van der Waals surface area contributed by atoms with Crippen LogP contribution in [0.2, 0.25) is 0 Å². The maximum Gasteiger partial charge on any atom is 0.350 e. The molecule has 2 aromatic rings. The maximum atomic E-state index is 12.6. The Kier molecular flexibility index (Phi) is 6.68. The zero-order chi connectivity index (χ0) is 20.2. The monoisotopic (exact) mass is 411 g/mol. The fourth-order valence-electron chi connectivity index (χ4n) is 2.41. The molecule has 1 heterocycles. The number of hydrogen-bond donors (Lipinski definition) is 1. The van der Waals surface area contributed by atoms with Gasteiger partial charge in [0, 0.05) is 18.7 Å². The van der Waals surface area contributed by atoms with Crippen molar-refractivity contribution >= 4 is 38.4 Å². The number of hydrogen-bond acceptors (Lipinski definition) is 7. The standard InChI is InChI=1S/C17H21N3O5S2/c1-5-20(6-2)27(23,24)13-9-7-8-12(10-13)15(21)19-17-18-11(3)14(26-17)16(22)25-4/h7-10H,5-6H2,1-4H3,(H,18,19,21). The predicted octanol–water partition coefficient (Wildman–Crippen LogP) is 2.52. The highest BCUT2D eigenvalue weighted by atomic mass is 32.2. The summed E-state index contributed by atoms with van der Waals surface area (Å²) < 4.78 is 31.2. The molecule has 0 aliphatic rings. The van der Waals surface area contributed by atoms with Crippen LogP contribution in [0.25, 0.3) is 0 Å². The van der Waals surface area contributed by atoms with E-state index in [4.69, 9.17) is 0 Å². The molecule has 0 fully saturated rings. The molecule has 1 N–H and O–H groups in total. The van der Waals surface area contributed by atoms with E-state index in [0.29, 0.717) is 23.7 Å². The van der Waals surface area contributed by atoms with Crippen LogP contribution in [0, 0.1) is 6.92 Å². The van der Waals surface area contributed by atoms with Crippen LogP contribution in [0.5, 0.6) is 0 Å². The third kappa shape index (κ3) is 4.52. The highest BCUT2D eigenvalue weighted by Gasteiger charge is 2.23. The molecule has 1 aromatic heterocycles. The summed E-state index contributed by atoms with van der Waals surface area (Å²) in [6.07, 6.45) is 0. The van der Waals surface area contributed by atoms with Gasteiger partial charge in [-0.25, -0.2) is 18.2 Å². The number of ether oxygens (including phenoxy) is 1. The Hall–Kier alpha value is -2.30. The van der Waals surface area contributed by atoms with Crippen molar-refractivity contribution in [3.8, 4) is 0 Å². The van der Waals surface area contributed by atoms with Gasteiger partial charge in [-0.05, 0) is 25.1 Å². The minimum atomic E-state index is -3.67. The van der Waals surface area contributed by atoms with Gasteiger partial charge in [0.1, 0.15) is 4.88 Å². The van der Waals surface area contributed by atoms with Crippen LogP contribution in [-0.4, -0.2) is 49.8 Å². The van der Waals surface area contributed by atoms with E-state index in [-0.39, 0.29) is 15.6 Å². The van der Waals surface area contributed by atoms with E-state index in [0.717, 1.165) is 11.3 Å². The summed E-state index contributed by atoms with van der Waals surface area (Å²) in [7, 11) is -2.40. The Morgan fingerprint density at radius 2 is 1.93 bits per heavy atom. The molecule has 0 bridgehead atoms. The normalized spacial score (nSPS) is 11.4. The van der Waals surface area contributed by atoms with Crippen LogP contribution in [0.15, 0.2) is 29.2 Å². The summed E-state index contributed by atoms with van der Waals surface area (Å²) in [4.78, 5) is 28.6. The van der Waals surface area contributed by atoms with Crippen molar-refractivity contribution in [1.29, 1.82) is 0 Å². The second kappa shape index (κ2) is 8.59. The van der Waals surface area contributed by atoms with Crippen LogP contribution < -0.4 is 5.32 Å². The van der Waals surface area contributed by atoms with Crippen LogP contribution in [0.3, 0.4) is 0 Å². The van der Waals surface area contributed by atoms with E-state index in [1.165, 1.54) is 35.7 Å². The number of carbonyl (C=O) groups is 2. The summed E-state index contributed by atoms with van der Waals surface area (Å²) in [5.41, 5.74) is 0.621. The average molecular weight is 412 g/mol. The summed E-state index contributed by atoms with van der Waals surface area (Å²) in [5.74, 6) is -1.05. The maximum absolute atomic E-state index is 12.6. The number of aryl methyl sites for hydroxylation is 1. The quantitative estimate of drug-likeness (QED) is 0.702. The summed E-state index contributed by atoms with van der Waals surface area (Å²) in [6.45, 7) is 5.81. The number of aromatic nitrogens is 1. The lowest BCUT2D eigenvalue weighted by molar-refractivity contribution is 0.0605. The predicted molar refractivity (Wildman–Crippen MR) is 103 cm³/mol. The van der Waals surface area contributed by atoms with Gasteiger partial charge in [0.05, 0.1) is 17.7 Å². The third-order valence-corrected chi connectivity index (χ3v) is 6.93. The number of sulfonamides is 1. The Morgan fingerprint density at radius 1 is 1.26 bits per heavy atom. The molecule has 0 atom stereocenters. The van der Waals surface area contributed by atoms with Gasteiger partial charge in [0.2, 0.25) is 10.0 Å². The fourth-order valence-corrected chi connectivity index (χ4v) is 4.80. The first-order chi connectivity index (χ1) is 12.7. The molecule has 146 valence electrons. The molecular weight excluding hydrogens is 390 g/mol. The zero-order valence-corrected chi connectivity index (χ0v) is 17.1. The average Bonchev–Trinajstić information content (AvgIpc) is 3.02. The lowest BCUT2D eigenvalue weighted by atomic mass is 10.2. The molecule has 0 aliphatic carbocycles. The molecule has 2 rings (SSSR count). The molecule has 0 saturated carbocycles. The number of nitrogens with zero attached hydrogens (tertiary/aromatic N) is 2. The number of esters is 1. The van der Waals surface area contributed by atoms with E-state index in [1.807, 2.05) is 0 Å². The van der Waals surface area contributed by atoms with Crippen molar-refractivity contribution in [3.05, 3.63) is 40.4 Å². The number of anilines is 1. The van der Waals surface area contributed by atoms with Gasteiger partial charge in [0.25, 0.3) is 5.91 Å². The molecule has 0 unspecified atom stereocenters. The lowest BCUT2D eigenvalue weighted by Gasteiger charge is -2.18. The van der Waals surface area contributed by atoms with E-state index < -0.39 is 21.9 Å². The van der Waals surface area contributed by atoms with Gasteiger partial charge >= 0.3 is 5.97 Å². The topological polar surface area (TPSA) is 106 Å². The Balaban J connectivity index is 2.27. The van der Waals surface area contributed by atoms with Gasteiger partial charge in [-0.15, -0.1) is 0 Å². The van der Waals surface area contributed by atoms with Crippen molar-refractivity contribution < 1.29 is 22.7 Å². The number of amides is 1. The number of thiazole rings is 1. The van der Waals surface area contributed by atoms with E-state index >= 15 is 0 Å². The van der Waals surface area contributed by atoms with E-state index in [2.05, 4.69) is 15.0 Å². The smallest absolute Gasteiger partial charge is 0.350 e. The number of benzene rings is 1. The van der Waals surface area contributed by atoms with Gasteiger partial charge < -0.3 is 4.74 Å². The second-order valence-electron chi connectivity index (χ2n) is 5.50. The first-order valence-electron chi connectivity index (χ1n) is 8.21. The minimum absolute atomic E-state index is 0.0458. The number of rotatable bonds is 7. The molecule has 0 radical (unpaired) electrons. The first kappa shape index (κ1) is 21.0. The summed E-state index contributed by atoms with van der Waals surface area (Å²) in [6, 6.07) is 5.80. The number of methoxy groups -OCH3 is 1. The highest BCUT2D eigenvalue weighted by molar-refractivity contribution is 7.89. The van der Waals surface area contributed by atoms with Crippen LogP contribution in [-0.2, 0) is 14.8 Å². The van der Waals surface area contributed by atoms with Gasteiger partial charge in [0.15, 0.2) is 5.13 Å². The molecule has 0 spiro atoms.